The van der Waals surface area contributed by atoms with E-state index < -0.39 is 11.7 Å². The molecule has 24 heavy (non-hydrogen) atoms. The lowest BCUT2D eigenvalue weighted by atomic mass is 10.1. The van der Waals surface area contributed by atoms with Gasteiger partial charge in [-0.2, -0.15) is 0 Å². The second-order valence-electron chi connectivity index (χ2n) is 5.13. The number of nitrogens with one attached hydrogen (secondary N) is 2. The molecule has 6 nitrogen and oxygen atoms in total. The number of aliphatic hydroxyl groups is 1. The third-order valence-electron chi connectivity index (χ3n) is 3.17. The second kappa shape index (κ2) is 7.74. The summed E-state index contributed by atoms with van der Waals surface area (Å²) in [7, 11) is 0. The fourth-order valence-corrected chi connectivity index (χ4v) is 1.99. The zero-order valence-corrected chi connectivity index (χ0v) is 13.9. The molecule has 1 amide bonds. The Bertz CT molecular complexity index is 784. The third kappa shape index (κ3) is 4.42. The van der Waals surface area contributed by atoms with Crippen LogP contribution < -0.4 is 10.6 Å². The van der Waals surface area contributed by atoms with Crippen LogP contribution in [0.15, 0.2) is 50.9 Å². The van der Waals surface area contributed by atoms with Gasteiger partial charge in [-0.15, -0.1) is 0 Å². The number of carbonyl (C=O) groups is 1. The molecule has 0 fully saturated rings. The number of aliphatic hydroxyl groups excluding tert-OH is 1. The summed E-state index contributed by atoms with van der Waals surface area (Å²) in [6.07, 6.45) is 2.53. The number of rotatable bonds is 3. The molecule has 0 saturated heterocycles. The Balaban J connectivity index is 2.24. The smallest absolute Gasteiger partial charge is 0.255 e. The van der Waals surface area contributed by atoms with Crippen LogP contribution >= 0.6 is 11.6 Å². The van der Waals surface area contributed by atoms with Gasteiger partial charge in [0.05, 0.1) is 12.6 Å². The van der Waals surface area contributed by atoms with E-state index in [4.69, 9.17) is 16.7 Å². The summed E-state index contributed by atoms with van der Waals surface area (Å²) in [5.74, 6) is -0.787. The third-order valence-corrected chi connectivity index (χ3v) is 3.60. The highest BCUT2D eigenvalue weighted by atomic mass is 35.5. The van der Waals surface area contributed by atoms with Gasteiger partial charge in [-0.3, -0.25) is 4.79 Å². The van der Waals surface area contributed by atoms with Crippen LogP contribution in [0, 0.1) is 5.82 Å². The highest BCUT2D eigenvalue weighted by Gasteiger charge is 2.12. The maximum Gasteiger partial charge on any atom is 0.255 e. The second-order valence-corrected chi connectivity index (χ2v) is 5.51. The van der Waals surface area contributed by atoms with E-state index in [2.05, 4.69) is 20.6 Å². The molecule has 0 spiro atoms. The molecule has 126 valence electrons. The molecule has 0 atom stereocenters. The standard InChI is InChI=1S/C16H16ClFN4O2/c1-9-5-14(19-8-20-15(9)17)22-13-4-3-11(6-12(13)18)16(24)21-10(2)7-23/h3-4,6-8,23H,5H2,1-2H3,(H,21,24)(H,19,20,22)/b10-7-. The Hall–Kier alpha value is -2.67. The van der Waals surface area contributed by atoms with Gasteiger partial charge in [-0.05, 0) is 37.6 Å². The first-order valence-electron chi connectivity index (χ1n) is 7.04. The average Bonchev–Trinajstić information content (AvgIpc) is 2.70. The number of halogens is 2. The SMILES string of the molecule is CC1=C(Cl)NC=NC(=Nc2ccc(C(=O)N/C(C)=C\O)cc2F)C1. The number of carbonyl (C=O) groups excluding carboxylic acids is 1. The number of allylic oxidation sites excluding steroid dienone is 1. The lowest BCUT2D eigenvalue weighted by Gasteiger charge is -2.06. The van der Waals surface area contributed by atoms with E-state index in [9.17, 15) is 9.18 Å². The van der Waals surface area contributed by atoms with Gasteiger partial charge in [0.25, 0.3) is 5.91 Å². The Morgan fingerprint density at radius 2 is 2.29 bits per heavy atom. The number of amides is 1. The number of hydrogen-bond acceptors (Lipinski definition) is 4. The first-order chi connectivity index (χ1) is 11.4. The van der Waals surface area contributed by atoms with Gasteiger partial charge in [0.15, 0.2) is 0 Å². The van der Waals surface area contributed by atoms with Crippen molar-refractivity contribution in [3.05, 3.63) is 52.3 Å². The molecule has 3 N–H and O–H groups in total. The molecule has 2 rings (SSSR count). The van der Waals surface area contributed by atoms with Crippen LogP contribution in [0.5, 0.6) is 0 Å². The van der Waals surface area contributed by atoms with Crippen LogP contribution in [0.3, 0.4) is 0 Å². The molecule has 1 aromatic carbocycles. The number of nitrogens with zero attached hydrogens (tertiary/aromatic N) is 2. The summed E-state index contributed by atoms with van der Waals surface area (Å²) in [4.78, 5) is 20.1. The van der Waals surface area contributed by atoms with Crippen LogP contribution in [0.4, 0.5) is 10.1 Å². The number of aliphatic imine (C=N–C) groups is 2. The fraction of sp³-hybridized carbons (Fsp3) is 0.188. The maximum absolute atomic E-state index is 14.2. The van der Waals surface area contributed by atoms with Crippen LogP contribution in [0.2, 0.25) is 0 Å². The summed E-state index contributed by atoms with van der Waals surface area (Å²) in [6, 6.07) is 3.91. The van der Waals surface area contributed by atoms with Gasteiger partial charge in [0.1, 0.15) is 22.5 Å². The predicted molar refractivity (Wildman–Crippen MR) is 92.1 cm³/mol. The molecule has 0 aliphatic carbocycles. The first kappa shape index (κ1) is 17.7. The van der Waals surface area contributed by atoms with Crippen LogP contribution in [0.25, 0.3) is 0 Å². The molecular weight excluding hydrogens is 335 g/mol. The van der Waals surface area contributed by atoms with Crippen LogP contribution in [0.1, 0.15) is 30.6 Å². The highest BCUT2D eigenvalue weighted by molar-refractivity contribution is 6.30. The van der Waals surface area contributed by atoms with Gasteiger partial charge in [0, 0.05) is 17.7 Å². The van der Waals surface area contributed by atoms with Crippen molar-refractivity contribution in [1.29, 1.82) is 0 Å². The fourth-order valence-electron chi connectivity index (χ4n) is 1.88. The van der Waals surface area contributed by atoms with E-state index in [1.807, 2.05) is 6.92 Å². The molecule has 0 unspecified atom stereocenters. The van der Waals surface area contributed by atoms with Crippen molar-refractivity contribution in [2.24, 2.45) is 9.98 Å². The van der Waals surface area contributed by atoms with Crippen molar-refractivity contribution in [3.63, 3.8) is 0 Å². The Kier molecular flexibility index (Phi) is 5.70. The Morgan fingerprint density at radius 1 is 1.54 bits per heavy atom. The van der Waals surface area contributed by atoms with Crippen LogP contribution in [-0.2, 0) is 0 Å². The van der Waals surface area contributed by atoms with Crippen molar-refractivity contribution < 1.29 is 14.3 Å². The summed E-state index contributed by atoms with van der Waals surface area (Å²) in [5, 5.41) is 14.4. The zero-order chi connectivity index (χ0) is 17.7. The average molecular weight is 351 g/mol. The maximum atomic E-state index is 14.2. The normalized spacial score (nSPS) is 16.8. The molecule has 0 aromatic heterocycles. The number of amidine groups is 1. The minimum absolute atomic E-state index is 0.0685. The van der Waals surface area contributed by atoms with Crippen molar-refractivity contribution >= 4 is 35.4 Å². The van der Waals surface area contributed by atoms with Gasteiger partial charge < -0.3 is 15.7 Å². The highest BCUT2D eigenvalue weighted by Crippen LogP contribution is 2.22. The first-order valence-corrected chi connectivity index (χ1v) is 7.42. The molecule has 1 aliphatic rings. The quantitative estimate of drug-likeness (QED) is 0.576. The van der Waals surface area contributed by atoms with E-state index in [0.29, 0.717) is 17.4 Å². The predicted octanol–water partition coefficient (Wildman–Crippen LogP) is 3.50. The van der Waals surface area contributed by atoms with E-state index in [0.717, 1.165) is 17.9 Å². The lowest BCUT2D eigenvalue weighted by Crippen LogP contribution is -2.21. The molecule has 1 aliphatic heterocycles. The summed E-state index contributed by atoms with van der Waals surface area (Å²) < 4.78 is 14.2. The Labute approximate surface area is 143 Å². The number of benzene rings is 1. The molecule has 1 aromatic rings. The zero-order valence-electron chi connectivity index (χ0n) is 13.1. The number of hydrogen-bond donors (Lipinski definition) is 3. The molecule has 1 heterocycles. The summed E-state index contributed by atoms with van der Waals surface area (Å²) in [5.41, 5.74) is 1.27. The molecule has 0 saturated carbocycles. The van der Waals surface area contributed by atoms with Gasteiger partial charge in [-0.25, -0.2) is 14.4 Å². The van der Waals surface area contributed by atoms with E-state index in [1.165, 1.54) is 25.4 Å². The minimum Gasteiger partial charge on any atom is -0.514 e. The molecular formula is C16H16ClFN4O2. The molecule has 0 radical (unpaired) electrons. The van der Waals surface area contributed by atoms with Gasteiger partial charge in [0.2, 0.25) is 0 Å². The van der Waals surface area contributed by atoms with Crippen molar-refractivity contribution in [3.8, 4) is 0 Å². The van der Waals surface area contributed by atoms with Crippen molar-refractivity contribution in [2.45, 2.75) is 20.3 Å². The monoisotopic (exact) mass is 350 g/mol. The van der Waals surface area contributed by atoms with E-state index >= 15 is 0 Å². The lowest BCUT2D eigenvalue weighted by molar-refractivity contribution is 0.0964. The van der Waals surface area contributed by atoms with Crippen molar-refractivity contribution in [1.82, 2.24) is 10.6 Å². The molecule has 0 bridgehead atoms. The summed E-state index contributed by atoms with van der Waals surface area (Å²) in [6.45, 7) is 3.33. The minimum atomic E-state index is -0.652. The van der Waals surface area contributed by atoms with Gasteiger partial charge >= 0.3 is 0 Å². The van der Waals surface area contributed by atoms with Gasteiger partial charge in [-0.1, -0.05) is 11.6 Å². The molecule has 8 heteroatoms. The van der Waals surface area contributed by atoms with Crippen molar-refractivity contribution in [2.75, 3.05) is 0 Å². The summed E-state index contributed by atoms with van der Waals surface area (Å²) >= 11 is 5.96. The Morgan fingerprint density at radius 3 is 2.96 bits per heavy atom. The van der Waals surface area contributed by atoms with Crippen LogP contribution in [-0.4, -0.2) is 23.2 Å². The van der Waals surface area contributed by atoms with E-state index in [1.54, 1.807) is 0 Å². The largest absolute Gasteiger partial charge is 0.514 e. The van der Waals surface area contributed by atoms with E-state index in [-0.39, 0.29) is 16.9 Å². The topological polar surface area (TPSA) is 86.1 Å².